The molecule has 0 saturated heterocycles. The molecule has 0 radical (unpaired) electrons. The molecular formula is C21H25BrN2O4. The van der Waals surface area contributed by atoms with Crippen molar-refractivity contribution in [2.75, 3.05) is 20.8 Å². The Labute approximate surface area is 174 Å². The molecule has 2 rings (SSSR count). The number of methoxy groups -OCH3 is 2. The molecule has 1 amide bonds. The molecule has 0 atom stereocenters. The molecule has 150 valence electrons. The van der Waals surface area contributed by atoms with Gasteiger partial charge in [0.1, 0.15) is 17.2 Å². The smallest absolute Gasteiger partial charge is 0.240 e. The van der Waals surface area contributed by atoms with Gasteiger partial charge in [0.25, 0.3) is 0 Å². The van der Waals surface area contributed by atoms with Gasteiger partial charge >= 0.3 is 0 Å². The van der Waals surface area contributed by atoms with E-state index in [1.54, 1.807) is 32.4 Å². The topological polar surface area (TPSA) is 69.2 Å². The minimum atomic E-state index is -0.179. The van der Waals surface area contributed by atoms with Crippen LogP contribution in [0.15, 0.2) is 46.0 Å². The molecular weight excluding hydrogens is 424 g/mol. The van der Waals surface area contributed by atoms with Gasteiger partial charge in [-0.2, -0.15) is 5.10 Å². The van der Waals surface area contributed by atoms with Gasteiger partial charge in [0.2, 0.25) is 5.91 Å². The van der Waals surface area contributed by atoms with E-state index in [0.717, 1.165) is 16.6 Å². The van der Waals surface area contributed by atoms with Crippen molar-refractivity contribution in [1.82, 2.24) is 5.43 Å². The van der Waals surface area contributed by atoms with Crippen molar-refractivity contribution in [2.45, 2.75) is 26.2 Å². The van der Waals surface area contributed by atoms with E-state index < -0.39 is 0 Å². The highest BCUT2D eigenvalue weighted by atomic mass is 79.9. The highest BCUT2D eigenvalue weighted by molar-refractivity contribution is 9.10. The number of carbonyl (C=O) groups is 1. The molecule has 0 aromatic heterocycles. The van der Waals surface area contributed by atoms with Crippen LogP contribution in [0.3, 0.4) is 0 Å². The van der Waals surface area contributed by atoms with Gasteiger partial charge < -0.3 is 14.2 Å². The third kappa shape index (κ3) is 6.56. The minimum absolute atomic E-state index is 0.179. The normalized spacial score (nSPS) is 10.7. The van der Waals surface area contributed by atoms with E-state index in [1.165, 1.54) is 11.8 Å². The molecule has 0 aliphatic rings. The summed E-state index contributed by atoms with van der Waals surface area (Å²) in [5.41, 5.74) is 4.47. The summed E-state index contributed by atoms with van der Waals surface area (Å²) in [6, 6.07) is 11.4. The SMILES string of the molecule is CCc1ccc(OCCCC(=O)N/N=C/c2cc(OC)ccc2OC)c(Br)c1. The number of nitrogens with zero attached hydrogens (tertiary/aromatic N) is 1. The highest BCUT2D eigenvalue weighted by Gasteiger charge is 2.05. The van der Waals surface area contributed by atoms with Crippen molar-refractivity contribution >= 4 is 28.1 Å². The zero-order valence-corrected chi connectivity index (χ0v) is 17.9. The van der Waals surface area contributed by atoms with Crippen molar-refractivity contribution in [3.63, 3.8) is 0 Å². The number of hydrazone groups is 1. The van der Waals surface area contributed by atoms with Crippen LogP contribution >= 0.6 is 15.9 Å². The molecule has 0 aliphatic carbocycles. The fourth-order valence-electron chi connectivity index (χ4n) is 2.47. The zero-order valence-electron chi connectivity index (χ0n) is 16.3. The number of nitrogens with one attached hydrogen (secondary N) is 1. The highest BCUT2D eigenvalue weighted by Crippen LogP contribution is 2.26. The molecule has 0 unspecified atom stereocenters. The predicted molar refractivity (Wildman–Crippen MR) is 114 cm³/mol. The van der Waals surface area contributed by atoms with Gasteiger partial charge in [-0.05, 0) is 64.7 Å². The average Bonchev–Trinajstić information content (AvgIpc) is 2.71. The average molecular weight is 449 g/mol. The van der Waals surface area contributed by atoms with Crippen LogP contribution in [0.1, 0.15) is 30.9 Å². The molecule has 7 heteroatoms. The van der Waals surface area contributed by atoms with Crippen LogP contribution < -0.4 is 19.6 Å². The summed E-state index contributed by atoms with van der Waals surface area (Å²) >= 11 is 3.50. The summed E-state index contributed by atoms with van der Waals surface area (Å²) in [6.07, 6.45) is 3.41. The number of hydrogen-bond donors (Lipinski definition) is 1. The Hall–Kier alpha value is -2.54. The third-order valence-corrected chi connectivity index (χ3v) is 4.66. The molecule has 6 nitrogen and oxygen atoms in total. The maximum atomic E-state index is 11.9. The van der Waals surface area contributed by atoms with E-state index >= 15 is 0 Å². The summed E-state index contributed by atoms with van der Waals surface area (Å²) in [7, 11) is 3.16. The third-order valence-electron chi connectivity index (χ3n) is 4.04. The molecule has 0 fully saturated rings. The van der Waals surface area contributed by atoms with E-state index in [1.807, 2.05) is 18.2 Å². The first-order valence-corrected chi connectivity index (χ1v) is 9.81. The quantitative estimate of drug-likeness (QED) is 0.333. The van der Waals surface area contributed by atoms with Crippen LogP contribution in [0.5, 0.6) is 17.2 Å². The maximum Gasteiger partial charge on any atom is 0.240 e. The summed E-state index contributed by atoms with van der Waals surface area (Å²) in [6.45, 7) is 2.55. The first-order chi connectivity index (χ1) is 13.6. The van der Waals surface area contributed by atoms with Crippen molar-refractivity contribution < 1.29 is 19.0 Å². The number of hydrogen-bond acceptors (Lipinski definition) is 5. The minimum Gasteiger partial charge on any atom is -0.497 e. The summed E-state index contributed by atoms with van der Waals surface area (Å²) in [5.74, 6) is 1.93. The number of carbonyl (C=O) groups excluding carboxylic acids is 1. The van der Waals surface area contributed by atoms with E-state index in [4.69, 9.17) is 14.2 Å². The number of halogens is 1. The zero-order chi connectivity index (χ0) is 20.4. The number of aryl methyl sites for hydroxylation is 1. The van der Waals surface area contributed by atoms with Gasteiger partial charge in [0.15, 0.2) is 0 Å². The van der Waals surface area contributed by atoms with Crippen LogP contribution in [-0.2, 0) is 11.2 Å². The monoisotopic (exact) mass is 448 g/mol. The molecule has 2 aromatic rings. The lowest BCUT2D eigenvalue weighted by molar-refractivity contribution is -0.121. The van der Waals surface area contributed by atoms with Crippen LogP contribution in [-0.4, -0.2) is 32.9 Å². The Morgan fingerprint density at radius 1 is 1.14 bits per heavy atom. The second-order valence-corrected chi connectivity index (χ2v) is 6.83. The fraction of sp³-hybridized carbons (Fsp3) is 0.333. The van der Waals surface area contributed by atoms with E-state index in [9.17, 15) is 4.79 Å². The van der Waals surface area contributed by atoms with E-state index in [2.05, 4.69) is 33.4 Å². The lowest BCUT2D eigenvalue weighted by Crippen LogP contribution is -2.18. The van der Waals surface area contributed by atoms with Gasteiger partial charge in [-0.25, -0.2) is 5.43 Å². The molecule has 28 heavy (non-hydrogen) atoms. The fourth-order valence-corrected chi connectivity index (χ4v) is 3.01. The van der Waals surface area contributed by atoms with Crippen LogP contribution in [0.25, 0.3) is 0 Å². The number of benzene rings is 2. The Balaban J connectivity index is 1.76. The molecule has 0 bridgehead atoms. The summed E-state index contributed by atoms with van der Waals surface area (Å²) < 4.78 is 17.1. The maximum absolute atomic E-state index is 11.9. The van der Waals surface area contributed by atoms with Crippen molar-refractivity contribution in [2.24, 2.45) is 5.10 Å². The van der Waals surface area contributed by atoms with Crippen LogP contribution in [0.4, 0.5) is 0 Å². The predicted octanol–water partition coefficient (Wildman–Crippen LogP) is 4.34. The number of ether oxygens (including phenoxy) is 3. The van der Waals surface area contributed by atoms with E-state index in [0.29, 0.717) is 36.5 Å². The number of amides is 1. The number of rotatable bonds is 10. The van der Waals surface area contributed by atoms with Gasteiger partial charge in [-0.15, -0.1) is 0 Å². The summed E-state index contributed by atoms with van der Waals surface area (Å²) in [4.78, 5) is 11.9. The first kappa shape index (κ1) is 21.8. The van der Waals surface area contributed by atoms with Gasteiger partial charge in [0, 0.05) is 12.0 Å². The van der Waals surface area contributed by atoms with Crippen molar-refractivity contribution in [1.29, 1.82) is 0 Å². The Kier molecular flexibility index (Phi) is 8.81. The molecule has 2 aromatic carbocycles. The molecule has 0 aliphatic heterocycles. The second-order valence-electron chi connectivity index (χ2n) is 5.97. The molecule has 0 heterocycles. The Bertz CT molecular complexity index is 824. The van der Waals surface area contributed by atoms with Gasteiger partial charge in [-0.1, -0.05) is 13.0 Å². The molecule has 0 spiro atoms. The molecule has 0 saturated carbocycles. The Morgan fingerprint density at radius 3 is 2.61 bits per heavy atom. The van der Waals surface area contributed by atoms with Gasteiger partial charge in [0.05, 0.1) is 31.5 Å². The lowest BCUT2D eigenvalue weighted by atomic mass is 10.2. The molecule has 1 N–H and O–H groups in total. The largest absolute Gasteiger partial charge is 0.497 e. The summed E-state index contributed by atoms with van der Waals surface area (Å²) in [5, 5.41) is 3.99. The second kappa shape index (κ2) is 11.3. The van der Waals surface area contributed by atoms with Crippen molar-refractivity contribution in [3.05, 3.63) is 52.0 Å². The van der Waals surface area contributed by atoms with Crippen LogP contribution in [0, 0.1) is 0 Å². The van der Waals surface area contributed by atoms with Crippen molar-refractivity contribution in [3.8, 4) is 17.2 Å². The first-order valence-electron chi connectivity index (χ1n) is 9.02. The Morgan fingerprint density at radius 2 is 1.93 bits per heavy atom. The lowest BCUT2D eigenvalue weighted by Gasteiger charge is -2.09. The van der Waals surface area contributed by atoms with Gasteiger partial charge in [-0.3, -0.25) is 4.79 Å². The standard InChI is InChI=1S/C21H25BrN2O4/c1-4-15-7-9-20(18(22)12-15)28-11-5-6-21(25)24-23-14-16-13-17(26-2)8-10-19(16)27-3/h7-10,12-14H,4-6,11H2,1-3H3,(H,24,25)/b23-14+. The van der Waals surface area contributed by atoms with E-state index in [-0.39, 0.29) is 5.91 Å². The van der Waals surface area contributed by atoms with Crippen LogP contribution in [0.2, 0.25) is 0 Å².